The van der Waals surface area contributed by atoms with Gasteiger partial charge in [0.25, 0.3) is 5.91 Å². The smallest absolute Gasteiger partial charge is 0.303 e. The lowest BCUT2D eigenvalue weighted by molar-refractivity contribution is -0.137. The van der Waals surface area contributed by atoms with Gasteiger partial charge in [0.05, 0.1) is 10.6 Å². The van der Waals surface area contributed by atoms with Crippen LogP contribution in [-0.2, 0) is 11.8 Å². The Hall–Kier alpha value is -1.89. The number of carbonyl (C=O) groups is 2. The number of aryl methyl sites for hydroxylation is 1. The number of thiophene rings is 1. The maximum absolute atomic E-state index is 12.4. The normalized spacial score (nSPS) is 11.3. The fourth-order valence-electron chi connectivity index (χ4n) is 2.36. The Kier molecular flexibility index (Phi) is 4.85. The van der Waals surface area contributed by atoms with E-state index in [1.807, 2.05) is 17.8 Å². The highest BCUT2D eigenvalue weighted by molar-refractivity contribution is 7.20. The molecule has 0 saturated heterocycles. The van der Waals surface area contributed by atoms with Gasteiger partial charge in [0.2, 0.25) is 0 Å². The maximum Gasteiger partial charge on any atom is 0.303 e. The molecule has 0 aliphatic carbocycles. The fraction of sp³-hybridized carbons (Fsp3) is 0.533. The zero-order valence-corrected chi connectivity index (χ0v) is 14.1. The maximum atomic E-state index is 12.4. The van der Waals surface area contributed by atoms with Gasteiger partial charge in [0.15, 0.2) is 0 Å². The van der Waals surface area contributed by atoms with E-state index >= 15 is 0 Å². The molecule has 2 heterocycles. The zero-order valence-electron chi connectivity index (χ0n) is 13.3. The number of aliphatic carboxylic acids is 1. The van der Waals surface area contributed by atoms with Gasteiger partial charge >= 0.3 is 5.97 Å². The third kappa shape index (κ3) is 3.30. The summed E-state index contributed by atoms with van der Waals surface area (Å²) in [7, 11) is 3.59. The second-order valence-electron chi connectivity index (χ2n) is 5.72. The van der Waals surface area contributed by atoms with Crippen LogP contribution in [0.5, 0.6) is 0 Å². The molecule has 0 aliphatic rings. The fourth-order valence-corrected chi connectivity index (χ4v) is 3.43. The van der Waals surface area contributed by atoms with E-state index in [4.69, 9.17) is 5.11 Å². The minimum atomic E-state index is -0.838. The molecule has 1 N–H and O–H groups in total. The molecule has 0 atom stereocenters. The van der Waals surface area contributed by atoms with Crippen LogP contribution in [0.25, 0.3) is 10.2 Å². The predicted octanol–water partition coefficient (Wildman–Crippen LogP) is 2.70. The third-order valence-corrected chi connectivity index (χ3v) is 4.72. The average Bonchev–Trinajstić information content (AvgIpc) is 2.98. The van der Waals surface area contributed by atoms with Crippen LogP contribution in [0.2, 0.25) is 0 Å². The average molecular weight is 323 g/mol. The lowest BCUT2D eigenvalue weighted by atomic mass is 10.1. The lowest BCUT2D eigenvalue weighted by Gasteiger charge is -2.15. The first-order chi connectivity index (χ1) is 10.3. The van der Waals surface area contributed by atoms with Crippen molar-refractivity contribution >= 4 is 33.4 Å². The predicted molar refractivity (Wildman–Crippen MR) is 86.5 cm³/mol. The van der Waals surface area contributed by atoms with Gasteiger partial charge in [-0.3, -0.25) is 14.3 Å². The van der Waals surface area contributed by atoms with Gasteiger partial charge in [-0.25, -0.2) is 0 Å². The van der Waals surface area contributed by atoms with E-state index in [1.54, 1.807) is 11.9 Å². The summed E-state index contributed by atoms with van der Waals surface area (Å²) >= 11 is 1.43. The van der Waals surface area contributed by atoms with Crippen LogP contribution in [0.4, 0.5) is 0 Å². The zero-order chi connectivity index (χ0) is 16.4. The standard InChI is InChI=1S/C15H21N3O3S/c1-9(2)13-10-8-11(22-15(10)18(4)16-13)14(21)17(3)7-5-6-12(19)20/h8-9H,5-7H2,1-4H3,(H,19,20). The first-order valence-corrected chi connectivity index (χ1v) is 8.06. The summed E-state index contributed by atoms with van der Waals surface area (Å²) in [6.45, 7) is 4.60. The molecule has 22 heavy (non-hydrogen) atoms. The number of rotatable bonds is 6. The second kappa shape index (κ2) is 6.48. The van der Waals surface area contributed by atoms with Crippen LogP contribution in [0.15, 0.2) is 6.07 Å². The van der Waals surface area contributed by atoms with Gasteiger partial charge in [-0.15, -0.1) is 11.3 Å². The number of hydrogen-bond donors (Lipinski definition) is 1. The lowest BCUT2D eigenvalue weighted by Crippen LogP contribution is -2.27. The number of carbonyl (C=O) groups excluding carboxylic acids is 1. The van der Waals surface area contributed by atoms with Gasteiger partial charge in [0.1, 0.15) is 4.83 Å². The number of hydrogen-bond acceptors (Lipinski definition) is 4. The van der Waals surface area contributed by atoms with Crippen molar-refractivity contribution in [3.63, 3.8) is 0 Å². The third-order valence-electron chi connectivity index (χ3n) is 3.53. The van der Waals surface area contributed by atoms with Crippen LogP contribution in [-0.4, -0.2) is 45.3 Å². The van der Waals surface area contributed by atoms with Crippen molar-refractivity contribution < 1.29 is 14.7 Å². The van der Waals surface area contributed by atoms with Crippen molar-refractivity contribution in [2.45, 2.75) is 32.6 Å². The number of amides is 1. The molecule has 0 saturated carbocycles. The van der Waals surface area contributed by atoms with E-state index in [1.165, 1.54) is 11.3 Å². The number of aromatic nitrogens is 2. The topological polar surface area (TPSA) is 75.4 Å². The van der Waals surface area contributed by atoms with E-state index < -0.39 is 5.97 Å². The van der Waals surface area contributed by atoms with Crippen molar-refractivity contribution in [2.24, 2.45) is 7.05 Å². The highest BCUT2D eigenvalue weighted by atomic mass is 32.1. The minimum Gasteiger partial charge on any atom is -0.481 e. The molecule has 1 amide bonds. The van der Waals surface area contributed by atoms with Crippen LogP contribution < -0.4 is 0 Å². The molecule has 0 aliphatic heterocycles. The Morgan fingerprint density at radius 1 is 1.45 bits per heavy atom. The molecule has 2 aromatic rings. The molecule has 0 radical (unpaired) electrons. The van der Waals surface area contributed by atoms with Crippen molar-refractivity contribution in [2.75, 3.05) is 13.6 Å². The minimum absolute atomic E-state index is 0.0682. The molecule has 2 aromatic heterocycles. The molecule has 0 spiro atoms. The summed E-state index contributed by atoms with van der Waals surface area (Å²) in [5.41, 5.74) is 1.00. The van der Waals surface area contributed by atoms with Crippen molar-refractivity contribution in [3.8, 4) is 0 Å². The van der Waals surface area contributed by atoms with Crippen molar-refractivity contribution in [3.05, 3.63) is 16.6 Å². The Balaban J connectivity index is 2.18. The highest BCUT2D eigenvalue weighted by Gasteiger charge is 2.20. The first kappa shape index (κ1) is 16.5. The number of fused-ring (bicyclic) bond motifs is 1. The van der Waals surface area contributed by atoms with Gasteiger partial charge in [-0.05, 0) is 18.4 Å². The first-order valence-electron chi connectivity index (χ1n) is 7.25. The van der Waals surface area contributed by atoms with Crippen LogP contribution in [0.3, 0.4) is 0 Å². The second-order valence-corrected chi connectivity index (χ2v) is 6.75. The largest absolute Gasteiger partial charge is 0.481 e. The molecular weight excluding hydrogens is 302 g/mol. The number of nitrogens with zero attached hydrogens (tertiary/aromatic N) is 3. The molecule has 0 fully saturated rings. The van der Waals surface area contributed by atoms with Crippen molar-refractivity contribution in [1.82, 2.24) is 14.7 Å². The molecule has 0 unspecified atom stereocenters. The van der Waals surface area contributed by atoms with E-state index in [0.29, 0.717) is 23.8 Å². The Morgan fingerprint density at radius 3 is 2.73 bits per heavy atom. The van der Waals surface area contributed by atoms with Gasteiger partial charge in [-0.2, -0.15) is 5.10 Å². The number of carboxylic acid groups (broad SMARTS) is 1. The van der Waals surface area contributed by atoms with Crippen LogP contribution in [0.1, 0.15) is 48.0 Å². The van der Waals surface area contributed by atoms with E-state index in [0.717, 1.165) is 15.9 Å². The summed E-state index contributed by atoms with van der Waals surface area (Å²) in [6, 6.07) is 1.90. The Labute approximate surface area is 133 Å². The summed E-state index contributed by atoms with van der Waals surface area (Å²) in [6.07, 6.45) is 0.534. The highest BCUT2D eigenvalue weighted by Crippen LogP contribution is 2.32. The van der Waals surface area contributed by atoms with E-state index in [-0.39, 0.29) is 12.3 Å². The summed E-state index contributed by atoms with van der Waals surface area (Å²) in [5, 5.41) is 14.2. The van der Waals surface area contributed by atoms with Gasteiger partial charge in [-0.1, -0.05) is 13.8 Å². The molecule has 2 rings (SSSR count). The van der Waals surface area contributed by atoms with E-state index in [2.05, 4.69) is 18.9 Å². The van der Waals surface area contributed by atoms with Gasteiger partial charge in [0, 0.05) is 32.4 Å². The van der Waals surface area contributed by atoms with Crippen molar-refractivity contribution in [1.29, 1.82) is 0 Å². The summed E-state index contributed by atoms with van der Waals surface area (Å²) in [4.78, 5) is 26.2. The molecular formula is C15H21N3O3S. The van der Waals surface area contributed by atoms with E-state index in [9.17, 15) is 9.59 Å². The van der Waals surface area contributed by atoms with Crippen LogP contribution in [0, 0.1) is 0 Å². The molecule has 6 nitrogen and oxygen atoms in total. The molecule has 0 bridgehead atoms. The number of carboxylic acids is 1. The molecule has 7 heteroatoms. The van der Waals surface area contributed by atoms with Crippen LogP contribution >= 0.6 is 11.3 Å². The SMILES string of the molecule is CC(C)c1nn(C)c2sc(C(=O)N(C)CCCC(=O)O)cc12. The molecule has 0 aromatic carbocycles. The Morgan fingerprint density at radius 2 is 2.14 bits per heavy atom. The summed E-state index contributed by atoms with van der Waals surface area (Å²) in [5.74, 6) is -0.605. The Bertz CT molecular complexity index is 702. The molecule has 120 valence electrons. The monoisotopic (exact) mass is 323 g/mol. The van der Waals surface area contributed by atoms with Gasteiger partial charge < -0.3 is 10.0 Å². The quantitative estimate of drug-likeness (QED) is 0.887. The summed E-state index contributed by atoms with van der Waals surface area (Å²) < 4.78 is 1.82.